The molecule has 0 aliphatic heterocycles. The fourth-order valence-electron chi connectivity index (χ4n) is 2.23. The Kier molecular flexibility index (Phi) is 6.68. The van der Waals surface area contributed by atoms with Gasteiger partial charge in [-0.1, -0.05) is 19.8 Å². The summed E-state index contributed by atoms with van der Waals surface area (Å²) in [7, 11) is -4.06. The van der Waals surface area contributed by atoms with Crippen LogP contribution in [0, 0.1) is 11.6 Å². The maximum absolute atomic E-state index is 13.2. The van der Waals surface area contributed by atoms with Gasteiger partial charge in [-0.3, -0.25) is 9.52 Å². The zero-order chi connectivity index (χ0) is 19.2. The Balaban J connectivity index is 2.03. The van der Waals surface area contributed by atoms with Gasteiger partial charge < -0.3 is 5.32 Å². The summed E-state index contributed by atoms with van der Waals surface area (Å²) in [4.78, 5) is 11.6. The molecule has 8 heteroatoms. The molecule has 5 nitrogen and oxygen atoms in total. The molecule has 0 unspecified atom stereocenters. The summed E-state index contributed by atoms with van der Waals surface area (Å²) in [5.74, 6) is -2.61. The second-order valence-corrected chi connectivity index (χ2v) is 7.40. The summed E-state index contributed by atoms with van der Waals surface area (Å²) < 4.78 is 52.8. The highest BCUT2D eigenvalue weighted by atomic mass is 32.2. The lowest BCUT2D eigenvalue weighted by molar-refractivity contribution is 0.0953. The van der Waals surface area contributed by atoms with Crippen LogP contribution in [0.1, 0.15) is 36.5 Å². The molecule has 140 valence electrons. The van der Waals surface area contributed by atoms with Gasteiger partial charge in [-0.2, -0.15) is 0 Å². The summed E-state index contributed by atoms with van der Waals surface area (Å²) in [5.41, 5.74) is 0.606. The molecule has 0 aliphatic rings. The smallest absolute Gasteiger partial charge is 0.261 e. The van der Waals surface area contributed by atoms with E-state index in [-0.39, 0.29) is 11.6 Å². The Bertz CT molecular complexity index is 869. The topological polar surface area (TPSA) is 75.3 Å². The van der Waals surface area contributed by atoms with Crippen LogP contribution in [0.3, 0.4) is 0 Å². The van der Waals surface area contributed by atoms with E-state index in [0.717, 1.165) is 31.4 Å². The molecule has 0 aromatic heterocycles. The summed E-state index contributed by atoms with van der Waals surface area (Å²) in [5, 5.41) is 2.78. The van der Waals surface area contributed by atoms with E-state index in [1.54, 1.807) is 0 Å². The molecule has 0 aliphatic carbocycles. The van der Waals surface area contributed by atoms with Crippen LogP contribution in [-0.4, -0.2) is 20.9 Å². The van der Waals surface area contributed by atoms with E-state index in [9.17, 15) is 22.0 Å². The van der Waals surface area contributed by atoms with Crippen molar-refractivity contribution in [1.82, 2.24) is 5.32 Å². The maximum atomic E-state index is 13.2. The average molecular weight is 382 g/mol. The molecule has 0 bridgehead atoms. The molecule has 2 aromatic carbocycles. The van der Waals surface area contributed by atoms with Gasteiger partial charge in [0.15, 0.2) is 11.6 Å². The van der Waals surface area contributed by atoms with Gasteiger partial charge in [-0.15, -0.1) is 0 Å². The maximum Gasteiger partial charge on any atom is 0.261 e. The molecule has 2 aromatic rings. The number of rotatable bonds is 8. The van der Waals surface area contributed by atoms with E-state index in [1.807, 2.05) is 0 Å². The molecular weight excluding hydrogens is 362 g/mol. The molecule has 0 atom stereocenters. The first kappa shape index (κ1) is 19.8. The van der Waals surface area contributed by atoms with Gasteiger partial charge in [0.05, 0.1) is 4.90 Å². The molecule has 2 N–H and O–H groups in total. The number of halogens is 2. The molecule has 0 heterocycles. The summed E-state index contributed by atoms with van der Waals surface area (Å²) in [6.45, 7) is 2.65. The molecule has 0 fully saturated rings. The number of benzene rings is 2. The fourth-order valence-corrected chi connectivity index (χ4v) is 3.30. The normalized spacial score (nSPS) is 11.2. The number of sulfonamides is 1. The minimum absolute atomic E-state index is 0.206. The first-order valence-electron chi connectivity index (χ1n) is 8.19. The second-order valence-electron chi connectivity index (χ2n) is 5.72. The highest BCUT2D eigenvalue weighted by Crippen LogP contribution is 2.18. The van der Waals surface area contributed by atoms with Crippen LogP contribution >= 0.6 is 0 Å². The number of unbranched alkanes of at least 4 members (excludes halogenated alkanes) is 2. The van der Waals surface area contributed by atoms with Gasteiger partial charge in [0.2, 0.25) is 0 Å². The van der Waals surface area contributed by atoms with Crippen molar-refractivity contribution in [2.24, 2.45) is 0 Å². The van der Waals surface area contributed by atoms with E-state index in [4.69, 9.17) is 0 Å². The zero-order valence-electron chi connectivity index (χ0n) is 14.3. The largest absolute Gasteiger partial charge is 0.352 e. The van der Waals surface area contributed by atoms with Crippen molar-refractivity contribution in [3.8, 4) is 0 Å². The Morgan fingerprint density at radius 1 is 1.00 bits per heavy atom. The standard InChI is InChI=1S/C18H20F2N2O3S/c1-2-3-4-11-21-18(23)13-5-7-14(8-6-13)22-26(24,25)15-9-10-16(19)17(20)12-15/h5-10,12,22H,2-4,11H2,1H3,(H,21,23). The van der Waals surface area contributed by atoms with Crippen LogP contribution in [0.5, 0.6) is 0 Å². The van der Waals surface area contributed by atoms with Gasteiger partial charge in [-0.05, 0) is 48.9 Å². The monoisotopic (exact) mass is 382 g/mol. The fraction of sp³-hybridized carbons (Fsp3) is 0.278. The third-order valence-corrected chi connectivity index (χ3v) is 5.05. The molecule has 26 heavy (non-hydrogen) atoms. The van der Waals surface area contributed by atoms with Crippen molar-refractivity contribution in [3.63, 3.8) is 0 Å². The Hall–Kier alpha value is -2.48. The summed E-state index contributed by atoms with van der Waals surface area (Å²) >= 11 is 0. The summed E-state index contributed by atoms with van der Waals surface area (Å²) in [6.07, 6.45) is 2.99. The second kappa shape index (κ2) is 8.75. The minimum atomic E-state index is -4.06. The van der Waals surface area contributed by atoms with Crippen LogP contribution in [0.15, 0.2) is 47.4 Å². The molecule has 1 amide bonds. The number of hydrogen-bond acceptors (Lipinski definition) is 3. The highest BCUT2D eigenvalue weighted by Gasteiger charge is 2.17. The van der Waals surface area contributed by atoms with Crippen molar-refractivity contribution in [2.75, 3.05) is 11.3 Å². The van der Waals surface area contributed by atoms with Crippen LogP contribution in [0.2, 0.25) is 0 Å². The lowest BCUT2D eigenvalue weighted by atomic mass is 10.2. The molecule has 0 spiro atoms. The van der Waals surface area contributed by atoms with Crippen LogP contribution < -0.4 is 10.0 Å². The summed E-state index contributed by atoms with van der Waals surface area (Å²) in [6, 6.07) is 8.15. The predicted octanol–water partition coefficient (Wildman–Crippen LogP) is 3.69. The first-order chi connectivity index (χ1) is 12.3. The number of amides is 1. The quantitative estimate of drug-likeness (QED) is 0.684. The van der Waals surface area contributed by atoms with Gasteiger partial charge in [0, 0.05) is 17.8 Å². The van der Waals surface area contributed by atoms with Crippen molar-refractivity contribution < 1.29 is 22.0 Å². The van der Waals surface area contributed by atoms with E-state index < -0.39 is 26.6 Å². The Labute approximate surface area is 151 Å². The predicted molar refractivity (Wildman–Crippen MR) is 95.5 cm³/mol. The Morgan fingerprint density at radius 3 is 2.31 bits per heavy atom. The lowest BCUT2D eigenvalue weighted by Crippen LogP contribution is -2.24. The number of carbonyl (C=O) groups excluding carboxylic acids is 1. The van der Waals surface area contributed by atoms with Crippen LogP contribution in [-0.2, 0) is 10.0 Å². The number of hydrogen-bond donors (Lipinski definition) is 2. The third kappa shape index (κ3) is 5.26. The van der Waals surface area contributed by atoms with Gasteiger partial charge in [-0.25, -0.2) is 17.2 Å². The molecule has 0 radical (unpaired) electrons. The van der Waals surface area contributed by atoms with Crippen LogP contribution in [0.25, 0.3) is 0 Å². The molecule has 0 saturated heterocycles. The average Bonchev–Trinajstić information content (AvgIpc) is 2.61. The number of anilines is 1. The van der Waals surface area contributed by atoms with E-state index >= 15 is 0 Å². The van der Waals surface area contributed by atoms with Crippen molar-refractivity contribution in [1.29, 1.82) is 0 Å². The number of nitrogens with one attached hydrogen (secondary N) is 2. The Morgan fingerprint density at radius 2 is 1.69 bits per heavy atom. The molecular formula is C18H20F2N2O3S. The van der Waals surface area contributed by atoms with Crippen LogP contribution in [0.4, 0.5) is 14.5 Å². The van der Waals surface area contributed by atoms with E-state index in [1.165, 1.54) is 24.3 Å². The van der Waals surface area contributed by atoms with E-state index in [2.05, 4.69) is 17.0 Å². The molecule has 2 rings (SSSR count). The third-order valence-electron chi connectivity index (χ3n) is 3.67. The lowest BCUT2D eigenvalue weighted by Gasteiger charge is -2.09. The van der Waals surface area contributed by atoms with Crippen molar-refractivity contribution >= 4 is 21.6 Å². The first-order valence-corrected chi connectivity index (χ1v) is 9.68. The van der Waals surface area contributed by atoms with Gasteiger partial charge >= 0.3 is 0 Å². The molecule has 0 saturated carbocycles. The van der Waals surface area contributed by atoms with E-state index in [0.29, 0.717) is 18.2 Å². The zero-order valence-corrected chi connectivity index (χ0v) is 15.1. The van der Waals surface area contributed by atoms with Gasteiger partial charge in [0.1, 0.15) is 0 Å². The van der Waals surface area contributed by atoms with Gasteiger partial charge in [0.25, 0.3) is 15.9 Å². The SMILES string of the molecule is CCCCCNC(=O)c1ccc(NS(=O)(=O)c2ccc(F)c(F)c2)cc1. The van der Waals surface area contributed by atoms with Crippen molar-refractivity contribution in [2.45, 2.75) is 31.1 Å². The highest BCUT2D eigenvalue weighted by molar-refractivity contribution is 7.92. The van der Waals surface area contributed by atoms with Crippen molar-refractivity contribution in [3.05, 3.63) is 59.7 Å². The minimum Gasteiger partial charge on any atom is -0.352 e. The number of carbonyl (C=O) groups is 1.